The number of hydrogen-bond donors (Lipinski definition) is 0. The predicted octanol–water partition coefficient (Wildman–Crippen LogP) is 4.04. The molecule has 1 amide bonds. The number of benzene rings is 2. The summed E-state index contributed by atoms with van der Waals surface area (Å²) < 4.78 is 6.56. The number of amides is 1. The fraction of sp³-hybridized carbons (Fsp3) is 0.417. The van der Waals surface area contributed by atoms with Crippen molar-refractivity contribution in [3.05, 3.63) is 53.6 Å². The van der Waals surface area contributed by atoms with Crippen molar-refractivity contribution in [1.29, 1.82) is 0 Å². The largest absolute Gasteiger partial charge is 0.379 e. The first-order valence-electron chi connectivity index (χ1n) is 10.8. The first-order valence-corrected chi connectivity index (χ1v) is 11.6. The number of morpholine rings is 1. The van der Waals surface area contributed by atoms with Crippen molar-refractivity contribution in [1.82, 2.24) is 9.88 Å². The predicted molar refractivity (Wildman–Crippen MR) is 129 cm³/mol. The van der Waals surface area contributed by atoms with Gasteiger partial charge in [0, 0.05) is 51.5 Å². The Kier molecular flexibility index (Phi) is 6.85. The Morgan fingerprint density at radius 2 is 1.87 bits per heavy atom. The second-order valence-corrected chi connectivity index (χ2v) is 9.13. The number of carbonyl (C=O) groups is 1. The summed E-state index contributed by atoms with van der Waals surface area (Å²) >= 11 is 1.59. The van der Waals surface area contributed by atoms with E-state index in [2.05, 4.69) is 24.0 Å². The third-order valence-electron chi connectivity index (χ3n) is 5.68. The van der Waals surface area contributed by atoms with Crippen LogP contribution in [0.2, 0.25) is 0 Å². The average Bonchev–Trinajstić information content (AvgIpc) is 3.22. The van der Waals surface area contributed by atoms with Gasteiger partial charge in [0.1, 0.15) is 0 Å². The number of para-hydroxylation sites is 1. The van der Waals surface area contributed by atoms with Crippen molar-refractivity contribution in [3.8, 4) is 0 Å². The average molecular weight is 439 g/mol. The van der Waals surface area contributed by atoms with Crippen molar-refractivity contribution in [2.24, 2.45) is 0 Å². The first kappa shape index (κ1) is 21.7. The molecule has 0 radical (unpaired) electrons. The molecule has 1 aromatic heterocycles. The molecule has 2 aromatic carbocycles. The van der Waals surface area contributed by atoms with Crippen molar-refractivity contribution in [3.63, 3.8) is 0 Å². The molecule has 0 bridgehead atoms. The lowest BCUT2D eigenvalue weighted by Crippen LogP contribution is -2.39. The van der Waals surface area contributed by atoms with Crippen LogP contribution in [0.3, 0.4) is 0 Å². The number of aromatic nitrogens is 1. The number of carbonyl (C=O) groups excluding carboxylic acids is 1. The van der Waals surface area contributed by atoms with Gasteiger partial charge in [-0.2, -0.15) is 0 Å². The van der Waals surface area contributed by atoms with Gasteiger partial charge in [-0.1, -0.05) is 23.5 Å². The van der Waals surface area contributed by atoms with Gasteiger partial charge in [0.2, 0.25) is 0 Å². The fourth-order valence-electron chi connectivity index (χ4n) is 3.81. The normalized spacial score (nSPS) is 14.7. The molecule has 0 aliphatic carbocycles. The van der Waals surface area contributed by atoms with Crippen molar-refractivity contribution in [2.45, 2.75) is 13.3 Å². The Labute approximate surface area is 188 Å². The highest BCUT2D eigenvalue weighted by Gasteiger charge is 2.22. The topological polar surface area (TPSA) is 48.9 Å². The van der Waals surface area contributed by atoms with Crippen LogP contribution >= 0.6 is 11.3 Å². The van der Waals surface area contributed by atoms with E-state index in [0.717, 1.165) is 65.9 Å². The Hall–Kier alpha value is -2.48. The molecule has 4 rings (SSSR count). The van der Waals surface area contributed by atoms with Gasteiger partial charge in [0.15, 0.2) is 5.13 Å². The summed E-state index contributed by atoms with van der Waals surface area (Å²) in [7, 11) is 4.00. The molecule has 1 fully saturated rings. The van der Waals surface area contributed by atoms with Gasteiger partial charge in [0.25, 0.3) is 5.91 Å². The summed E-state index contributed by atoms with van der Waals surface area (Å²) in [5, 5.41) is 0.771. The summed E-state index contributed by atoms with van der Waals surface area (Å²) in [6.45, 7) is 7.16. The van der Waals surface area contributed by atoms with Crippen LogP contribution in [0, 0.1) is 6.92 Å². The minimum Gasteiger partial charge on any atom is -0.379 e. The maximum atomic E-state index is 13.5. The zero-order valence-electron chi connectivity index (χ0n) is 18.5. The molecule has 0 atom stereocenters. The summed E-state index contributed by atoms with van der Waals surface area (Å²) in [5.74, 6) is 0.00370. The first-order chi connectivity index (χ1) is 15.0. The third-order valence-corrected chi connectivity index (χ3v) is 6.72. The lowest BCUT2D eigenvalue weighted by molar-refractivity contribution is 0.0376. The number of anilines is 2. The molecule has 0 N–H and O–H groups in total. The molecule has 6 nitrogen and oxygen atoms in total. The summed E-state index contributed by atoms with van der Waals surface area (Å²) in [6.07, 6.45) is 0.899. The monoisotopic (exact) mass is 438 g/mol. The SMILES string of the molecule is Cc1cccc2sc(N(CCCN3CCOCC3)C(=O)c3ccc(N(C)C)cc3)nc12. The number of fused-ring (bicyclic) bond motifs is 1. The zero-order valence-corrected chi connectivity index (χ0v) is 19.3. The highest BCUT2D eigenvalue weighted by Crippen LogP contribution is 2.31. The molecule has 3 aromatic rings. The van der Waals surface area contributed by atoms with E-state index in [1.807, 2.05) is 54.2 Å². The fourth-order valence-corrected chi connectivity index (χ4v) is 4.88. The van der Waals surface area contributed by atoms with Gasteiger partial charge in [-0.25, -0.2) is 4.98 Å². The lowest BCUT2D eigenvalue weighted by Gasteiger charge is -2.27. The maximum Gasteiger partial charge on any atom is 0.260 e. The van der Waals surface area contributed by atoms with Crippen LogP contribution in [0.1, 0.15) is 22.3 Å². The Bertz CT molecular complexity index is 1030. The van der Waals surface area contributed by atoms with Gasteiger partial charge in [-0.15, -0.1) is 0 Å². The summed E-state index contributed by atoms with van der Waals surface area (Å²) in [4.78, 5) is 24.7. The number of rotatable bonds is 7. The number of nitrogens with zero attached hydrogens (tertiary/aromatic N) is 4. The van der Waals surface area contributed by atoms with Gasteiger partial charge in [0.05, 0.1) is 23.4 Å². The maximum absolute atomic E-state index is 13.5. The van der Waals surface area contributed by atoms with E-state index in [-0.39, 0.29) is 5.91 Å². The molecule has 2 heterocycles. The number of hydrogen-bond acceptors (Lipinski definition) is 6. The second kappa shape index (κ2) is 9.77. The molecule has 1 saturated heterocycles. The number of ether oxygens (including phenoxy) is 1. The second-order valence-electron chi connectivity index (χ2n) is 8.12. The molecule has 7 heteroatoms. The van der Waals surface area contributed by atoms with Crippen LogP contribution in [0.15, 0.2) is 42.5 Å². The standard InChI is InChI=1S/C24H30N4O2S/c1-18-6-4-7-21-22(18)25-24(31-21)28(13-5-12-27-14-16-30-17-15-27)23(29)19-8-10-20(11-9-19)26(2)3/h4,6-11H,5,12-17H2,1-3H3. The van der Waals surface area contributed by atoms with E-state index in [1.165, 1.54) is 0 Å². The lowest BCUT2D eigenvalue weighted by atomic mass is 10.1. The van der Waals surface area contributed by atoms with E-state index >= 15 is 0 Å². The molecule has 0 saturated carbocycles. The summed E-state index contributed by atoms with van der Waals surface area (Å²) in [6, 6.07) is 14.0. The third kappa shape index (κ3) is 5.06. The molecular weight excluding hydrogens is 408 g/mol. The van der Waals surface area contributed by atoms with Crippen molar-refractivity contribution >= 4 is 38.3 Å². The van der Waals surface area contributed by atoms with Gasteiger partial charge >= 0.3 is 0 Å². The van der Waals surface area contributed by atoms with Crippen LogP contribution in [0.4, 0.5) is 10.8 Å². The number of thiazole rings is 1. The van der Waals surface area contributed by atoms with Crippen LogP contribution in [-0.2, 0) is 4.74 Å². The highest BCUT2D eigenvalue weighted by molar-refractivity contribution is 7.22. The van der Waals surface area contributed by atoms with E-state index < -0.39 is 0 Å². The van der Waals surface area contributed by atoms with Crippen molar-refractivity contribution < 1.29 is 9.53 Å². The minimum absolute atomic E-state index is 0.00370. The molecular formula is C24H30N4O2S. The minimum atomic E-state index is 0.00370. The van der Waals surface area contributed by atoms with Crippen LogP contribution < -0.4 is 9.80 Å². The zero-order chi connectivity index (χ0) is 21.8. The molecule has 0 unspecified atom stereocenters. The van der Waals surface area contributed by atoms with E-state index in [0.29, 0.717) is 12.1 Å². The van der Waals surface area contributed by atoms with E-state index in [4.69, 9.17) is 9.72 Å². The Morgan fingerprint density at radius 3 is 2.55 bits per heavy atom. The van der Waals surface area contributed by atoms with Crippen molar-refractivity contribution in [2.75, 3.05) is 63.3 Å². The van der Waals surface area contributed by atoms with Crippen LogP contribution in [0.25, 0.3) is 10.2 Å². The molecule has 1 aliphatic rings. The van der Waals surface area contributed by atoms with Gasteiger partial charge in [-0.3, -0.25) is 14.6 Å². The van der Waals surface area contributed by atoms with Crippen LogP contribution in [0.5, 0.6) is 0 Å². The summed E-state index contributed by atoms with van der Waals surface area (Å²) in [5.41, 5.74) is 3.88. The van der Waals surface area contributed by atoms with Crippen LogP contribution in [-0.4, -0.2) is 69.3 Å². The molecule has 1 aliphatic heterocycles. The van der Waals surface area contributed by atoms with E-state index in [9.17, 15) is 4.79 Å². The molecule has 164 valence electrons. The number of aryl methyl sites for hydroxylation is 1. The quantitative estimate of drug-likeness (QED) is 0.557. The van der Waals surface area contributed by atoms with Gasteiger partial charge < -0.3 is 9.64 Å². The van der Waals surface area contributed by atoms with E-state index in [1.54, 1.807) is 11.3 Å². The Balaban J connectivity index is 1.57. The molecule has 31 heavy (non-hydrogen) atoms. The Morgan fingerprint density at radius 1 is 1.13 bits per heavy atom. The smallest absolute Gasteiger partial charge is 0.260 e. The molecule has 0 spiro atoms. The highest BCUT2D eigenvalue weighted by atomic mass is 32.1. The van der Waals surface area contributed by atoms with Gasteiger partial charge in [-0.05, 0) is 49.2 Å².